The van der Waals surface area contributed by atoms with Gasteiger partial charge in [-0.05, 0) is 5.56 Å². The largest absolute Gasteiger partial charge is 0.382 e. The van der Waals surface area contributed by atoms with Crippen LogP contribution >= 0.6 is 0 Å². The third-order valence-corrected chi connectivity index (χ3v) is 3.21. The zero-order chi connectivity index (χ0) is 15.1. The lowest BCUT2D eigenvalue weighted by atomic mass is 10.2. The summed E-state index contributed by atoms with van der Waals surface area (Å²) in [6.45, 7) is 2.13. The van der Waals surface area contributed by atoms with Crippen LogP contribution in [0.4, 0.5) is 0 Å². The van der Waals surface area contributed by atoms with Gasteiger partial charge in [-0.3, -0.25) is 9.59 Å². The number of likely N-dealkylation sites (N-methyl/N-ethyl adjacent to an activating group) is 2. The van der Waals surface area contributed by atoms with Crippen LogP contribution in [0, 0.1) is 0 Å². The molecule has 0 aliphatic rings. The predicted molar refractivity (Wildman–Crippen MR) is 77.0 cm³/mol. The SMILES string of the molecule is COC[C@H](C(=O)N(C)Cc1ccccc1)N(C)C(C)=O. The average Bonchev–Trinajstić information content (AvgIpc) is 2.44. The van der Waals surface area contributed by atoms with E-state index < -0.39 is 6.04 Å². The monoisotopic (exact) mass is 278 g/mol. The zero-order valence-electron chi connectivity index (χ0n) is 12.5. The summed E-state index contributed by atoms with van der Waals surface area (Å²) in [5, 5.41) is 0. The van der Waals surface area contributed by atoms with Crippen molar-refractivity contribution in [2.45, 2.75) is 19.5 Å². The molecule has 20 heavy (non-hydrogen) atoms. The van der Waals surface area contributed by atoms with Crippen molar-refractivity contribution in [1.29, 1.82) is 0 Å². The molecule has 0 bridgehead atoms. The summed E-state index contributed by atoms with van der Waals surface area (Å²) in [4.78, 5) is 26.9. The molecule has 1 aromatic rings. The van der Waals surface area contributed by atoms with Crippen molar-refractivity contribution in [2.24, 2.45) is 0 Å². The fourth-order valence-electron chi connectivity index (χ4n) is 1.92. The van der Waals surface area contributed by atoms with Gasteiger partial charge in [0, 0.05) is 34.7 Å². The van der Waals surface area contributed by atoms with E-state index in [2.05, 4.69) is 0 Å². The first-order valence-corrected chi connectivity index (χ1v) is 6.48. The fraction of sp³-hybridized carbons (Fsp3) is 0.467. The zero-order valence-corrected chi connectivity index (χ0v) is 12.5. The molecular formula is C15H22N2O3. The van der Waals surface area contributed by atoms with E-state index in [-0.39, 0.29) is 18.4 Å². The lowest BCUT2D eigenvalue weighted by Gasteiger charge is -2.29. The van der Waals surface area contributed by atoms with Gasteiger partial charge in [0.25, 0.3) is 0 Å². The van der Waals surface area contributed by atoms with Crippen LogP contribution in [0.1, 0.15) is 12.5 Å². The van der Waals surface area contributed by atoms with Gasteiger partial charge < -0.3 is 14.5 Å². The molecule has 0 saturated heterocycles. The van der Waals surface area contributed by atoms with Gasteiger partial charge >= 0.3 is 0 Å². The van der Waals surface area contributed by atoms with Crippen molar-refractivity contribution in [3.63, 3.8) is 0 Å². The van der Waals surface area contributed by atoms with Gasteiger partial charge in [-0.2, -0.15) is 0 Å². The maximum absolute atomic E-state index is 12.4. The van der Waals surface area contributed by atoms with Crippen LogP contribution in [-0.2, 0) is 20.9 Å². The second-order valence-electron chi connectivity index (χ2n) is 4.78. The van der Waals surface area contributed by atoms with Crippen LogP contribution in [-0.4, -0.2) is 55.5 Å². The Hall–Kier alpha value is -1.88. The predicted octanol–water partition coefficient (Wildman–Crippen LogP) is 1.14. The number of nitrogens with zero attached hydrogens (tertiary/aromatic N) is 2. The van der Waals surface area contributed by atoms with E-state index in [4.69, 9.17) is 4.74 Å². The molecule has 1 rings (SSSR count). The second kappa shape index (κ2) is 7.65. The number of ether oxygens (including phenoxy) is 1. The van der Waals surface area contributed by atoms with Crippen LogP contribution < -0.4 is 0 Å². The highest BCUT2D eigenvalue weighted by atomic mass is 16.5. The molecule has 5 nitrogen and oxygen atoms in total. The quantitative estimate of drug-likeness (QED) is 0.784. The Kier molecular flexibility index (Phi) is 6.18. The van der Waals surface area contributed by atoms with Gasteiger partial charge in [0.1, 0.15) is 6.04 Å². The Morgan fingerprint density at radius 2 is 1.80 bits per heavy atom. The van der Waals surface area contributed by atoms with Crippen LogP contribution in [0.5, 0.6) is 0 Å². The Labute approximate surface area is 120 Å². The minimum absolute atomic E-state index is 0.131. The first-order valence-electron chi connectivity index (χ1n) is 6.48. The minimum Gasteiger partial charge on any atom is -0.382 e. The molecule has 0 radical (unpaired) electrons. The topological polar surface area (TPSA) is 49.9 Å². The molecule has 110 valence electrons. The van der Waals surface area contributed by atoms with Gasteiger partial charge in [0.05, 0.1) is 6.61 Å². The summed E-state index contributed by atoms with van der Waals surface area (Å²) >= 11 is 0. The Morgan fingerprint density at radius 3 is 2.30 bits per heavy atom. The summed E-state index contributed by atoms with van der Waals surface area (Å²) in [5.41, 5.74) is 1.05. The number of hydrogen-bond donors (Lipinski definition) is 0. The van der Waals surface area contributed by atoms with Crippen molar-refractivity contribution in [1.82, 2.24) is 9.80 Å². The van der Waals surface area contributed by atoms with Crippen LogP contribution in [0.2, 0.25) is 0 Å². The van der Waals surface area contributed by atoms with Gasteiger partial charge in [-0.25, -0.2) is 0 Å². The number of amides is 2. The molecule has 0 fully saturated rings. The minimum atomic E-state index is -0.591. The Balaban J connectivity index is 2.76. The molecule has 0 saturated carbocycles. The smallest absolute Gasteiger partial charge is 0.247 e. The standard InChI is InChI=1S/C15H22N2O3/c1-12(18)17(3)14(11-20-4)15(19)16(2)10-13-8-6-5-7-9-13/h5-9,14H,10-11H2,1-4H3/t14-/m1/s1. The second-order valence-corrected chi connectivity index (χ2v) is 4.78. The lowest BCUT2D eigenvalue weighted by Crippen LogP contribution is -2.49. The first-order chi connectivity index (χ1) is 9.47. The van der Waals surface area contributed by atoms with E-state index in [1.807, 2.05) is 30.3 Å². The van der Waals surface area contributed by atoms with Gasteiger partial charge in [-0.1, -0.05) is 30.3 Å². The molecular weight excluding hydrogens is 256 g/mol. The summed E-state index contributed by atoms with van der Waals surface area (Å²) in [6.07, 6.45) is 0. The molecule has 0 spiro atoms. The van der Waals surface area contributed by atoms with Crippen molar-refractivity contribution in [3.8, 4) is 0 Å². The summed E-state index contributed by atoms with van der Waals surface area (Å²) in [5.74, 6) is -0.290. The van der Waals surface area contributed by atoms with E-state index in [1.54, 1.807) is 19.0 Å². The molecule has 1 aromatic carbocycles. The number of benzene rings is 1. The molecule has 0 aliphatic heterocycles. The molecule has 0 aromatic heterocycles. The van der Waals surface area contributed by atoms with Crippen LogP contribution in [0.25, 0.3) is 0 Å². The van der Waals surface area contributed by atoms with E-state index in [0.29, 0.717) is 6.54 Å². The average molecular weight is 278 g/mol. The maximum Gasteiger partial charge on any atom is 0.247 e. The van der Waals surface area contributed by atoms with Gasteiger partial charge in [0.2, 0.25) is 11.8 Å². The first kappa shape index (κ1) is 16.2. The fourth-order valence-corrected chi connectivity index (χ4v) is 1.92. The maximum atomic E-state index is 12.4. The molecule has 5 heteroatoms. The molecule has 2 amide bonds. The highest BCUT2D eigenvalue weighted by Crippen LogP contribution is 2.08. The van der Waals surface area contributed by atoms with E-state index in [9.17, 15) is 9.59 Å². The van der Waals surface area contributed by atoms with E-state index in [1.165, 1.54) is 18.9 Å². The Bertz CT molecular complexity index is 448. The number of carbonyl (C=O) groups is 2. The number of methoxy groups -OCH3 is 1. The van der Waals surface area contributed by atoms with Gasteiger partial charge in [0.15, 0.2) is 0 Å². The number of carbonyl (C=O) groups excluding carboxylic acids is 2. The molecule has 0 heterocycles. The summed E-state index contributed by atoms with van der Waals surface area (Å²) in [6, 6.07) is 9.13. The summed E-state index contributed by atoms with van der Waals surface area (Å²) in [7, 11) is 4.86. The summed E-state index contributed by atoms with van der Waals surface area (Å²) < 4.78 is 5.06. The van der Waals surface area contributed by atoms with Gasteiger partial charge in [-0.15, -0.1) is 0 Å². The third kappa shape index (κ3) is 4.35. The normalized spacial score (nSPS) is 11.8. The lowest BCUT2D eigenvalue weighted by molar-refractivity contribution is -0.145. The van der Waals surface area contributed by atoms with Crippen LogP contribution in [0.3, 0.4) is 0 Å². The third-order valence-electron chi connectivity index (χ3n) is 3.21. The van der Waals surface area contributed by atoms with E-state index in [0.717, 1.165) is 5.56 Å². The van der Waals surface area contributed by atoms with Crippen molar-refractivity contribution in [3.05, 3.63) is 35.9 Å². The molecule has 0 aliphatic carbocycles. The Morgan fingerprint density at radius 1 is 1.20 bits per heavy atom. The molecule has 0 N–H and O–H groups in total. The molecule has 0 unspecified atom stereocenters. The van der Waals surface area contributed by atoms with Crippen molar-refractivity contribution >= 4 is 11.8 Å². The highest BCUT2D eigenvalue weighted by molar-refractivity contribution is 5.86. The highest BCUT2D eigenvalue weighted by Gasteiger charge is 2.27. The van der Waals surface area contributed by atoms with E-state index >= 15 is 0 Å². The number of rotatable bonds is 6. The van der Waals surface area contributed by atoms with Crippen molar-refractivity contribution in [2.75, 3.05) is 27.8 Å². The number of hydrogen-bond acceptors (Lipinski definition) is 3. The van der Waals surface area contributed by atoms with Crippen molar-refractivity contribution < 1.29 is 14.3 Å². The van der Waals surface area contributed by atoms with Crippen LogP contribution in [0.15, 0.2) is 30.3 Å². The molecule has 1 atom stereocenters.